The summed E-state index contributed by atoms with van der Waals surface area (Å²) < 4.78 is 5.29. The van der Waals surface area contributed by atoms with E-state index >= 15 is 0 Å². The Hall–Kier alpha value is -0.180. The molecule has 0 aromatic carbocycles. The highest BCUT2D eigenvalue weighted by atomic mass is 32.2. The van der Waals surface area contributed by atoms with Gasteiger partial charge in [-0.05, 0) is 25.2 Å². The van der Waals surface area contributed by atoms with Gasteiger partial charge < -0.3 is 4.74 Å². The van der Waals surface area contributed by atoms with Crippen LogP contribution in [0.3, 0.4) is 0 Å². The van der Waals surface area contributed by atoms with Gasteiger partial charge in [-0.15, -0.1) is 0 Å². The van der Waals surface area contributed by atoms with E-state index in [1.807, 2.05) is 0 Å². The molecule has 0 amide bonds. The molecule has 1 aliphatic rings. The second-order valence-electron chi connectivity index (χ2n) is 7.08. The Morgan fingerprint density at radius 1 is 1.00 bits per heavy atom. The molecule has 0 radical (unpaired) electrons. The van der Waals surface area contributed by atoms with E-state index in [1.165, 1.54) is 63.5 Å². The van der Waals surface area contributed by atoms with Gasteiger partial charge in [-0.2, -0.15) is 11.8 Å². The highest BCUT2D eigenvalue weighted by Crippen LogP contribution is 2.34. The fourth-order valence-electron chi connectivity index (χ4n) is 2.67. The van der Waals surface area contributed by atoms with Gasteiger partial charge in [-0.1, -0.05) is 65.2 Å². The zero-order valence-electron chi connectivity index (χ0n) is 14.8. The van der Waals surface area contributed by atoms with Crippen LogP contribution in [0.25, 0.3) is 0 Å². The lowest BCUT2D eigenvalue weighted by atomic mass is 10.1. The summed E-state index contributed by atoms with van der Waals surface area (Å²) >= 11 is 2.10. The number of ether oxygens (including phenoxy) is 1. The molecule has 0 bridgehead atoms. The maximum Gasteiger partial charge on any atom is 0.305 e. The number of thioether (sulfide) groups is 1. The second-order valence-corrected chi connectivity index (χ2v) is 8.41. The Morgan fingerprint density at radius 3 is 2.32 bits per heavy atom. The molecule has 0 aromatic heterocycles. The van der Waals surface area contributed by atoms with E-state index in [-0.39, 0.29) is 5.97 Å². The maximum absolute atomic E-state index is 11.6. The van der Waals surface area contributed by atoms with Crippen LogP contribution in [0.15, 0.2) is 0 Å². The van der Waals surface area contributed by atoms with Crippen LogP contribution in [0.4, 0.5) is 0 Å². The Kier molecular flexibility index (Phi) is 12.0. The highest BCUT2D eigenvalue weighted by molar-refractivity contribution is 8.06. The van der Waals surface area contributed by atoms with Crippen LogP contribution >= 0.6 is 11.8 Å². The Bertz CT molecular complexity index is 275. The first-order valence-corrected chi connectivity index (χ1v) is 10.5. The lowest BCUT2D eigenvalue weighted by Gasteiger charge is -2.06. The Morgan fingerprint density at radius 2 is 1.64 bits per heavy atom. The van der Waals surface area contributed by atoms with Crippen LogP contribution in [0, 0.1) is 5.92 Å². The molecule has 3 heteroatoms. The van der Waals surface area contributed by atoms with E-state index in [1.54, 1.807) is 0 Å². The summed E-state index contributed by atoms with van der Waals surface area (Å²) in [5, 5.41) is 1.00. The van der Waals surface area contributed by atoms with Crippen LogP contribution in [0.1, 0.15) is 90.9 Å². The van der Waals surface area contributed by atoms with Crippen LogP contribution in [-0.2, 0) is 9.53 Å². The van der Waals surface area contributed by atoms with Gasteiger partial charge in [0.05, 0.1) is 6.61 Å². The van der Waals surface area contributed by atoms with Crippen molar-refractivity contribution in [2.45, 2.75) is 96.1 Å². The monoisotopic (exact) mass is 328 g/mol. The van der Waals surface area contributed by atoms with Crippen molar-refractivity contribution in [2.75, 3.05) is 12.4 Å². The molecule has 1 unspecified atom stereocenters. The van der Waals surface area contributed by atoms with Gasteiger partial charge >= 0.3 is 5.97 Å². The van der Waals surface area contributed by atoms with E-state index in [4.69, 9.17) is 4.74 Å². The molecule has 1 fully saturated rings. The summed E-state index contributed by atoms with van der Waals surface area (Å²) in [6.45, 7) is 5.13. The van der Waals surface area contributed by atoms with Gasteiger partial charge in [0.25, 0.3) is 0 Å². The molecule has 0 aromatic rings. The minimum atomic E-state index is 0.00891. The molecule has 1 atom stereocenters. The standard InChI is InChI=1S/C19H36O2S/c1-17(2)12-8-7-11-15-21-19(20)14-10-6-4-3-5-9-13-18-16-22-18/h17-18H,3-16H2,1-2H3. The number of carbonyl (C=O) groups is 1. The fourth-order valence-corrected chi connectivity index (χ4v) is 3.31. The third-order valence-electron chi connectivity index (χ3n) is 4.25. The molecule has 1 rings (SSSR count). The quantitative estimate of drug-likeness (QED) is 0.210. The number of hydrogen-bond acceptors (Lipinski definition) is 3. The van der Waals surface area contributed by atoms with Crippen molar-refractivity contribution in [3.8, 4) is 0 Å². The first-order chi connectivity index (χ1) is 10.7. The van der Waals surface area contributed by atoms with E-state index < -0.39 is 0 Å². The summed E-state index contributed by atoms with van der Waals surface area (Å²) in [6.07, 6.45) is 14.4. The van der Waals surface area contributed by atoms with Gasteiger partial charge in [0.2, 0.25) is 0 Å². The predicted octanol–water partition coefficient (Wildman–Crippen LogP) is 5.98. The number of rotatable bonds is 15. The third-order valence-corrected chi connectivity index (χ3v) is 5.29. The number of unbranched alkanes of at least 4 members (excludes halogenated alkanes) is 7. The smallest absolute Gasteiger partial charge is 0.305 e. The lowest BCUT2D eigenvalue weighted by Crippen LogP contribution is -2.05. The van der Waals surface area contributed by atoms with Crippen LogP contribution in [-0.4, -0.2) is 23.6 Å². The molecule has 1 aliphatic heterocycles. The van der Waals surface area contributed by atoms with Gasteiger partial charge in [-0.3, -0.25) is 4.79 Å². The zero-order chi connectivity index (χ0) is 16.0. The lowest BCUT2D eigenvalue weighted by molar-refractivity contribution is -0.143. The molecular weight excluding hydrogens is 292 g/mol. The molecule has 1 heterocycles. The van der Waals surface area contributed by atoms with Crippen molar-refractivity contribution >= 4 is 17.7 Å². The average Bonchev–Trinajstić information content (AvgIpc) is 3.29. The molecule has 1 saturated heterocycles. The molecule has 130 valence electrons. The number of hydrogen-bond donors (Lipinski definition) is 0. The van der Waals surface area contributed by atoms with Crippen molar-refractivity contribution in [3.05, 3.63) is 0 Å². The van der Waals surface area contributed by atoms with Gasteiger partial charge in [0, 0.05) is 17.4 Å². The minimum absolute atomic E-state index is 0.00891. The van der Waals surface area contributed by atoms with E-state index in [0.717, 1.165) is 24.0 Å². The second kappa shape index (κ2) is 13.3. The highest BCUT2D eigenvalue weighted by Gasteiger charge is 2.20. The molecular formula is C19H36O2S. The Labute approximate surface area is 142 Å². The molecule has 22 heavy (non-hydrogen) atoms. The summed E-state index contributed by atoms with van der Waals surface area (Å²) in [4.78, 5) is 11.6. The number of esters is 1. The summed E-state index contributed by atoms with van der Waals surface area (Å²) in [7, 11) is 0. The molecule has 0 spiro atoms. The summed E-state index contributed by atoms with van der Waals surface area (Å²) in [5.41, 5.74) is 0. The predicted molar refractivity (Wildman–Crippen MR) is 97.4 cm³/mol. The van der Waals surface area contributed by atoms with E-state index in [2.05, 4.69) is 25.6 Å². The molecule has 0 N–H and O–H groups in total. The average molecular weight is 329 g/mol. The number of carbonyl (C=O) groups excluding carboxylic acids is 1. The van der Waals surface area contributed by atoms with Crippen molar-refractivity contribution in [1.82, 2.24) is 0 Å². The largest absolute Gasteiger partial charge is 0.466 e. The van der Waals surface area contributed by atoms with Crippen molar-refractivity contribution in [3.63, 3.8) is 0 Å². The van der Waals surface area contributed by atoms with Crippen LogP contribution < -0.4 is 0 Å². The first kappa shape index (κ1) is 19.9. The summed E-state index contributed by atoms with van der Waals surface area (Å²) in [5.74, 6) is 2.20. The van der Waals surface area contributed by atoms with E-state index in [9.17, 15) is 4.79 Å². The van der Waals surface area contributed by atoms with Gasteiger partial charge in [0.15, 0.2) is 0 Å². The first-order valence-electron chi connectivity index (χ1n) is 9.45. The van der Waals surface area contributed by atoms with Gasteiger partial charge in [-0.25, -0.2) is 0 Å². The van der Waals surface area contributed by atoms with Gasteiger partial charge in [0.1, 0.15) is 0 Å². The normalized spacial score (nSPS) is 17.0. The summed E-state index contributed by atoms with van der Waals surface area (Å²) in [6, 6.07) is 0. The SMILES string of the molecule is CC(C)CCCCCOC(=O)CCCCCCCCC1CS1. The fraction of sp³-hybridized carbons (Fsp3) is 0.947. The molecule has 0 aliphatic carbocycles. The van der Waals surface area contributed by atoms with Crippen molar-refractivity contribution < 1.29 is 9.53 Å². The van der Waals surface area contributed by atoms with Crippen molar-refractivity contribution in [1.29, 1.82) is 0 Å². The zero-order valence-corrected chi connectivity index (χ0v) is 15.6. The van der Waals surface area contributed by atoms with Crippen LogP contribution in [0.2, 0.25) is 0 Å². The third kappa shape index (κ3) is 13.5. The van der Waals surface area contributed by atoms with Crippen LogP contribution in [0.5, 0.6) is 0 Å². The Balaban J connectivity index is 1.73. The maximum atomic E-state index is 11.6. The van der Waals surface area contributed by atoms with Crippen molar-refractivity contribution in [2.24, 2.45) is 5.92 Å². The molecule has 2 nitrogen and oxygen atoms in total. The topological polar surface area (TPSA) is 26.3 Å². The molecule has 0 saturated carbocycles. The van der Waals surface area contributed by atoms with E-state index in [0.29, 0.717) is 13.0 Å². The minimum Gasteiger partial charge on any atom is -0.466 e.